The van der Waals surface area contributed by atoms with Gasteiger partial charge in [0.1, 0.15) is 0 Å². The minimum atomic E-state index is -0.398. The van der Waals surface area contributed by atoms with E-state index in [0.717, 1.165) is 5.56 Å². The number of carbonyl (C=O) groups is 2. The van der Waals surface area contributed by atoms with E-state index in [0.29, 0.717) is 18.9 Å². The van der Waals surface area contributed by atoms with Gasteiger partial charge in [-0.3, -0.25) is 9.59 Å². The highest BCUT2D eigenvalue weighted by atomic mass is 16.2. The number of fused-ring (bicyclic) bond motifs is 1. The van der Waals surface area contributed by atoms with E-state index in [1.54, 1.807) is 23.4 Å². The summed E-state index contributed by atoms with van der Waals surface area (Å²) in [7, 11) is 0. The van der Waals surface area contributed by atoms with Crippen molar-refractivity contribution in [2.45, 2.75) is 19.0 Å². The summed E-state index contributed by atoms with van der Waals surface area (Å²) >= 11 is 0. The zero-order valence-corrected chi connectivity index (χ0v) is 13.4. The third-order valence-corrected chi connectivity index (χ3v) is 4.09. The summed E-state index contributed by atoms with van der Waals surface area (Å²) in [6, 6.07) is 11.2. The summed E-state index contributed by atoms with van der Waals surface area (Å²) in [6.45, 7) is 1.02. The molecule has 2 aromatic heterocycles. The molecule has 0 saturated carbocycles. The molecule has 2 amide bonds. The van der Waals surface area contributed by atoms with Crippen molar-refractivity contribution < 1.29 is 9.59 Å². The largest absolute Gasteiger partial charge is 0.344 e. The molecule has 3 aromatic rings. The Morgan fingerprint density at radius 3 is 2.88 bits per heavy atom. The van der Waals surface area contributed by atoms with Gasteiger partial charge in [0.15, 0.2) is 0 Å². The van der Waals surface area contributed by atoms with Gasteiger partial charge in [-0.2, -0.15) is 4.98 Å². The number of amides is 2. The molecule has 1 fully saturated rings. The van der Waals surface area contributed by atoms with Gasteiger partial charge in [0.25, 0.3) is 11.7 Å². The highest BCUT2D eigenvalue weighted by Gasteiger charge is 2.31. The predicted octanol–water partition coefficient (Wildman–Crippen LogP) is 0.655. The van der Waals surface area contributed by atoms with Gasteiger partial charge in [0, 0.05) is 31.9 Å². The number of nitrogens with one attached hydrogen (secondary N) is 1. The molecule has 1 N–H and O–H groups in total. The highest BCUT2D eigenvalue weighted by Crippen LogP contribution is 2.15. The van der Waals surface area contributed by atoms with Gasteiger partial charge in [-0.1, -0.05) is 30.3 Å². The lowest BCUT2D eigenvalue weighted by atomic mass is 10.2. The lowest BCUT2D eigenvalue weighted by molar-refractivity contribution is -0.128. The molecule has 1 aliphatic heterocycles. The van der Waals surface area contributed by atoms with Crippen molar-refractivity contribution in [2.24, 2.45) is 0 Å². The summed E-state index contributed by atoms with van der Waals surface area (Å²) in [6.07, 6.45) is 3.54. The zero-order valence-electron chi connectivity index (χ0n) is 13.4. The molecule has 8 nitrogen and oxygen atoms in total. The third-order valence-electron chi connectivity index (χ3n) is 4.09. The molecule has 0 unspecified atom stereocenters. The van der Waals surface area contributed by atoms with Crippen LogP contribution in [-0.4, -0.2) is 48.9 Å². The number of carbonyl (C=O) groups excluding carboxylic acids is 2. The predicted molar refractivity (Wildman–Crippen MR) is 88.5 cm³/mol. The fraction of sp³-hybridized carbons (Fsp3) is 0.235. The van der Waals surface area contributed by atoms with Crippen LogP contribution in [-0.2, 0) is 11.3 Å². The van der Waals surface area contributed by atoms with Crippen LogP contribution in [0, 0.1) is 0 Å². The lowest BCUT2D eigenvalue weighted by Gasteiger charge is -2.16. The smallest absolute Gasteiger partial charge is 0.291 e. The fourth-order valence-corrected chi connectivity index (χ4v) is 2.90. The first-order valence-electron chi connectivity index (χ1n) is 7.99. The first-order valence-corrected chi connectivity index (χ1v) is 7.99. The molecular weight excluding hydrogens is 320 g/mol. The van der Waals surface area contributed by atoms with Crippen LogP contribution in [0.1, 0.15) is 22.6 Å². The van der Waals surface area contributed by atoms with E-state index >= 15 is 0 Å². The van der Waals surface area contributed by atoms with Crippen molar-refractivity contribution in [3.63, 3.8) is 0 Å². The molecule has 1 atom stereocenters. The average molecular weight is 336 g/mol. The molecule has 0 spiro atoms. The molecule has 126 valence electrons. The number of aromatic nitrogens is 4. The molecule has 8 heteroatoms. The summed E-state index contributed by atoms with van der Waals surface area (Å²) < 4.78 is 1.44. The summed E-state index contributed by atoms with van der Waals surface area (Å²) in [5.41, 5.74) is 1.07. The molecule has 0 bridgehead atoms. The van der Waals surface area contributed by atoms with E-state index in [-0.39, 0.29) is 24.2 Å². The second-order valence-electron chi connectivity index (χ2n) is 5.93. The van der Waals surface area contributed by atoms with Crippen molar-refractivity contribution in [1.29, 1.82) is 0 Å². The lowest BCUT2D eigenvalue weighted by Crippen LogP contribution is -2.37. The Morgan fingerprint density at radius 2 is 2.08 bits per heavy atom. The molecular formula is C17H16N6O2. The van der Waals surface area contributed by atoms with E-state index in [9.17, 15) is 9.59 Å². The number of nitrogens with zero attached hydrogens (tertiary/aromatic N) is 5. The molecule has 25 heavy (non-hydrogen) atoms. The second kappa shape index (κ2) is 6.31. The maximum atomic E-state index is 12.3. The maximum Gasteiger partial charge on any atom is 0.291 e. The topological polar surface area (TPSA) is 92.5 Å². The normalized spacial score (nSPS) is 17.2. The zero-order chi connectivity index (χ0) is 17.2. The standard InChI is InChI=1S/C17H16N6O2/c24-14-9-13(11-22(14)10-12-5-2-1-3-6-12)19-16(25)15-20-17-18-7-4-8-23(17)21-15/h1-8,13H,9-11H2,(H,19,25)/t13-/m0/s1. The number of rotatable bonds is 4. The second-order valence-corrected chi connectivity index (χ2v) is 5.93. The summed E-state index contributed by atoms with van der Waals surface area (Å²) in [5, 5.41) is 6.93. The molecule has 0 radical (unpaired) electrons. The van der Waals surface area contributed by atoms with Crippen molar-refractivity contribution in [1.82, 2.24) is 29.8 Å². The molecule has 3 heterocycles. The monoisotopic (exact) mass is 336 g/mol. The number of benzene rings is 1. The average Bonchev–Trinajstić information content (AvgIpc) is 3.19. The molecule has 1 saturated heterocycles. The Hall–Kier alpha value is -3.29. The molecule has 4 rings (SSSR count). The van der Waals surface area contributed by atoms with Crippen LogP contribution in [0.15, 0.2) is 48.8 Å². The van der Waals surface area contributed by atoms with Crippen molar-refractivity contribution in [3.05, 3.63) is 60.2 Å². The highest BCUT2D eigenvalue weighted by molar-refractivity contribution is 5.92. The SMILES string of the molecule is O=C(N[C@H]1CC(=O)N(Cc2ccccc2)C1)c1nc2ncccn2n1. The van der Waals surface area contributed by atoms with E-state index in [2.05, 4.69) is 20.4 Å². The Balaban J connectivity index is 1.41. The molecule has 1 aliphatic rings. The number of hydrogen-bond donors (Lipinski definition) is 1. The van der Waals surface area contributed by atoms with Gasteiger partial charge in [0.2, 0.25) is 11.7 Å². The van der Waals surface area contributed by atoms with Crippen LogP contribution in [0.2, 0.25) is 0 Å². The number of hydrogen-bond acceptors (Lipinski definition) is 5. The third kappa shape index (κ3) is 3.18. The van der Waals surface area contributed by atoms with E-state index in [1.807, 2.05) is 30.3 Å². The van der Waals surface area contributed by atoms with Crippen LogP contribution >= 0.6 is 0 Å². The van der Waals surface area contributed by atoms with E-state index in [1.165, 1.54) is 4.52 Å². The van der Waals surface area contributed by atoms with Crippen molar-refractivity contribution in [2.75, 3.05) is 6.54 Å². The minimum absolute atomic E-state index is 0.0266. The quantitative estimate of drug-likeness (QED) is 0.755. The van der Waals surface area contributed by atoms with Gasteiger partial charge < -0.3 is 10.2 Å². The van der Waals surface area contributed by atoms with Gasteiger partial charge >= 0.3 is 0 Å². The van der Waals surface area contributed by atoms with Gasteiger partial charge in [-0.05, 0) is 11.6 Å². The van der Waals surface area contributed by atoms with Crippen LogP contribution in [0.5, 0.6) is 0 Å². The Labute approximate surface area is 143 Å². The summed E-state index contributed by atoms with van der Waals surface area (Å²) in [5.74, 6) is 0.0390. The first-order chi connectivity index (χ1) is 12.2. The van der Waals surface area contributed by atoms with E-state index in [4.69, 9.17) is 0 Å². The Kier molecular flexibility index (Phi) is 3.85. The van der Waals surface area contributed by atoms with E-state index < -0.39 is 5.91 Å². The number of likely N-dealkylation sites (tertiary alicyclic amines) is 1. The van der Waals surface area contributed by atoms with Crippen LogP contribution < -0.4 is 5.32 Å². The molecule has 0 aliphatic carbocycles. The van der Waals surface area contributed by atoms with Crippen molar-refractivity contribution in [3.8, 4) is 0 Å². The summed E-state index contributed by atoms with van der Waals surface area (Å²) in [4.78, 5) is 34.4. The van der Waals surface area contributed by atoms with Gasteiger partial charge in [-0.15, -0.1) is 5.10 Å². The van der Waals surface area contributed by atoms with Crippen LogP contribution in [0.25, 0.3) is 5.78 Å². The van der Waals surface area contributed by atoms with Crippen LogP contribution in [0.4, 0.5) is 0 Å². The van der Waals surface area contributed by atoms with Gasteiger partial charge in [-0.25, -0.2) is 9.50 Å². The van der Waals surface area contributed by atoms with Gasteiger partial charge in [0.05, 0.1) is 6.04 Å². The maximum absolute atomic E-state index is 12.3. The Morgan fingerprint density at radius 1 is 1.24 bits per heavy atom. The first kappa shape index (κ1) is 15.3. The molecule has 1 aromatic carbocycles. The van der Waals surface area contributed by atoms with Crippen molar-refractivity contribution >= 4 is 17.6 Å². The minimum Gasteiger partial charge on any atom is -0.344 e. The fourth-order valence-electron chi connectivity index (χ4n) is 2.90. The Bertz CT molecular complexity index is 890. The van der Waals surface area contributed by atoms with Crippen LogP contribution in [0.3, 0.4) is 0 Å².